The smallest absolute Gasteiger partial charge is 0.261 e. The number of amides is 1. The molecule has 0 saturated carbocycles. The summed E-state index contributed by atoms with van der Waals surface area (Å²) in [5.74, 6) is 5.76. The summed E-state index contributed by atoms with van der Waals surface area (Å²) in [6.45, 7) is 8.16. The molecule has 1 rings (SSSR count). The van der Waals surface area contributed by atoms with E-state index < -0.39 is 0 Å². The maximum Gasteiger partial charge on any atom is 0.261 e. The van der Waals surface area contributed by atoms with Gasteiger partial charge in [0, 0.05) is 13.0 Å². The van der Waals surface area contributed by atoms with Gasteiger partial charge in [0.05, 0.1) is 16.4 Å². The predicted molar refractivity (Wildman–Crippen MR) is 87.6 cm³/mol. The van der Waals surface area contributed by atoms with Crippen LogP contribution in [-0.4, -0.2) is 48.7 Å². The third-order valence-electron chi connectivity index (χ3n) is 3.11. The molecule has 21 heavy (non-hydrogen) atoms. The fourth-order valence-electron chi connectivity index (χ4n) is 1.86. The van der Waals surface area contributed by atoms with Crippen molar-refractivity contribution in [2.24, 2.45) is 0 Å². The SMILES string of the molecule is CCN(CC)CCCNC(=O)c1ccc(C#CCCO)s1. The number of carbonyl (C=O) groups is 1. The highest BCUT2D eigenvalue weighted by atomic mass is 32.1. The Balaban J connectivity index is 2.34. The lowest BCUT2D eigenvalue weighted by molar-refractivity contribution is 0.0956. The second-order valence-corrected chi connectivity index (χ2v) is 5.66. The van der Waals surface area contributed by atoms with Gasteiger partial charge in [-0.1, -0.05) is 25.7 Å². The molecule has 0 aliphatic carbocycles. The van der Waals surface area contributed by atoms with E-state index in [4.69, 9.17) is 5.11 Å². The monoisotopic (exact) mass is 308 g/mol. The quantitative estimate of drug-likeness (QED) is 0.570. The van der Waals surface area contributed by atoms with E-state index in [1.165, 1.54) is 11.3 Å². The van der Waals surface area contributed by atoms with Crippen LogP contribution in [0, 0.1) is 11.8 Å². The number of aliphatic hydroxyl groups is 1. The number of hydrogen-bond donors (Lipinski definition) is 2. The van der Waals surface area contributed by atoms with Crippen molar-refractivity contribution in [1.82, 2.24) is 10.2 Å². The van der Waals surface area contributed by atoms with Crippen LogP contribution >= 0.6 is 11.3 Å². The van der Waals surface area contributed by atoms with Crippen LogP contribution < -0.4 is 5.32 Å². The van der Waals surface area contributed by atoms with Crippen molar-refractivity contribution < 1.29 is 9.90 Å². The fraction of sp³-hybridized carbons (Fsp3) is 0.562. The minimum atomic E-state index is -0.0326. The third-order valence-corrected chi connectivity index (χ3v) is 4.11. The van der Waals surface area contributed by atoms with E-state index in [-0.39, 0.29) is 12.5 Å². The molecule has 0 unspecified atom stereocenters. The Labute approximate surface area is 131 Å². The Kier molecular flexibility index (Phi) is 8.76. The Morgan fingerprint density at radius 2 is 2.14 bits per heavy atom. The summed E-state index contributed by atoms with van der Waals surface area (Å²) in [5, 5.41) is 11.6. The summed E-state index contributed by atoms with van der Waals surface area (Å²) in [5.41, 5.74) is 0. The van der Waals surface area contributed by atoms with Gasteiger partial charge in [0.15, 0.2) is 0 Å². The van der Waals surface area contributed by atoms with E-state index >= 15 is 0 Å². The zero-order valence-electron chi connectivity index (χ0n) is 12.8. The Morgan fingerprint density at radius 3 is 2.81 bits per heavy atom. The molecule has 0 radical (unpaired) electrons. The van der Waals surface area contributed by atoms with Gasteiger partial charge in [0.25, 0.3) is 5.91 Å². The van der Waals surface area contributed by atoms with Gasteiger partial charge in [0.2, 0.25) is 0 Å². The van der Waals surface area contributed by atoms with Gasteiger partial charge < -0.3 is 15.3 Å². The van der Waals surface area contributed by atoms with E-state index in [1.54, 1.807) is 6.07 Å². The molecule has 0 spiro atoms. The summed E-state index contributed by atoms with van der Waals surface area (Å²) in [6, 6.07) is 3.65. The minimum Gasteiger partial charge on any atom is -0.395 e. The number of rotatable bonds is 8. The van der Waals surface area contributed by atoms with Crippen molar-refractivity contribution in [1.29, 1.82) is 0 Å². The molecule has 0 aliphatic rings. The molecule has 116 valence electrons. The van der Waals surface area contributed by atoms with Crippen LogP contribution in [0.2, 0.25) is 0 Å². The number of carbonyl (C=O) groups excluding carboxylic acids is 1. The van der Waals surface area contributed by atoms with Gasteiger partial charge in [-0.3, -0.25) is 4.79 Å². The average Bonchev–Trinajstić information content (AvgIpc) is 2.96. The molecule has 0 bridgehead atoms. The van der Waals surface area contributed by atoms with Crippen molar-refractivity contribution in [2.45, 2.75) is 26.7 Å². The van der Waals surface area contributed by atoms with Crippen LogP contribution in [0.5, 0.6) is 0 Å². The molecule has 1 aromatic rings. The van der Waals surface area contributed by atoms with Crippen LogP contribution in [0.1, 0.15) is 41.2 Å². The van der Waals surface area contributed by atoms with Crippen LogP contribution in [-0.2, 0) is 0 Å². The Morgan fingerprint density at radius 1 is 1.38 bits per heavy atom. The first-order valence-corrected chi connectivity index (χ1v) is 8.23. The van der Waals surface area contributed by atoms with Gasteiger partial charge in [-0.2, -0.15) is 0 Å². The zero-order valence-corrected chi connectivity index (χ0v) is 13.6. The summed E-state index contributed by atoms with van der Waals surface area (Å²) in [4.78, 5) is 15.9. The Bertz CT molecular complexity index is 484. The highest BCUT2D eigenvalue weighted by molar-refractivity contribution is 7.14. The van der Waals surface area contributed by atoms with Crippen molar-refractivity contribution in [3.63, 3.8) is 0 Å². The van der Waals surface area contributed by atoms with E-state index in [0.717, 1.165) is 30.9 Å². The number of thiophene rings is 1. The number of nitrogens with zero attached hydrogens (tertiary/aromatic N) is 1. The van der Waals surface area contributed by atoms with E-state index in [0.29, 0.717) is 17.8 Å². The molecule has 2 N–H and O–H groups in total. The first kappa shape index (κ1) is 17.7. The molecule has 0 aromatic carbocycles. The molecular formula is C16H24N2O2S. The maximum absolute atomic E-state index is 12.0. The topological polar surface area (TPSA) is 52.6 Å². The first-order chi connectivity index (χ1) is 10.2. The van der Waals surface area contributed by atoms with Gasteiger partial charge in [0.1, 0.15) is 0 Å². The van der Waals surface area contributed by atoms with Crippen LogP contribution in [0.3, 0.4) is 0 Å². The lowest BCUT2D eigenvalue weighted by Crippen LogP contribution is -2.29. The van der Waals surface area contributed by atoms with Crippen molar-refractivity contribution in [3.05, 3.63) is 21.9 Å². The normalized spacial score (nSPS) is 10.3. The van der Waals surface area contributed by atoms with Gasteiger partial charge in [-0.15, -0.1) is 11.3 Å². The molecule has 1 aromatic heterocycles. The van der Waals surface area contributed by atoms with E-state index in [9.17, 15) is 4.79 Å². The summed E-state index contributed by atoms with van der Waals surface area (Å²) < 4.78 is 0. The van der Waals surface area contributed by atoms with Crippen molar-refractivity contribution in [2.75, 3.05) is 32.8 Å². The van der Waals surface area contributed by atoms with Gasteiger partial charge in [-0.25, -0.2) is 0 Å². The van der Waals surface area contributed by atoms with Crippen molar-refractivity contribution in [3.8, 4) is 11.8 Å². The van der Waals surface area contributed by atoms with Crippen LogP contribution in [0.4, 0.5) is 0 Å². The molecule has 1 heterocycles. The predicted octanol–water partition coefficient (Wildman–Crippen LogP) is 1.94. The lowest BCUT2D eigenvalue weighted by Gasteiger charge is -2.17. The molecule has 0 aliphatic heterocycles. The number of nitrogens with one attached hydrogen (secondary N) is 1. The molecule has 0 fully saturated rings. The Hall–Kier alpha value is -1.35. The summed E-state index contributed by atoms with van der Waals surface area (Å²) >= 11 is 1.39. The van der Waals surface area contributed by atoms with E-state index in [2.05, 4.69) is 35.9 Å². The molecular weight excluding hydrogens is 284 g/mol. The van der Waals surface area contributed by atoms with Gasteiger partial charge in [-0.05, 0) is 38.2 Å². The molecule has 0 atom stereocenters. The second-order valence-electron chi connectivity index (χ2n) is 4.58. The highest BCUT2D eigenvalue weighted by Crippen LogP contribution is 2.15. The largest absolute Gasteiger partial charge is 0.395 e. The molecule has 1 amide bonds. The summed E-state index contributed by atoms with van der Waals surface area (Å²) in [6.07, 6.45) is 1.42. The summed E-state index contributed by atoms with van der Waals surface area (Å²) in [7, 11) is 0. The standard InChI is InChI=1S/C16H24N2O2S/c1-3-18(4-2)12-7-11-17-16(20)15-10-9-14(21-15)8-5-6-13-19/h9-10,19H,3-4,6-7,11-13H2,1-2H3,(H,17,20). The highest BCUT2D eigenvalue weighted by Gasteiger charge is 2.08. The second kappa shape index (κ2) is 10.4. The number of hydrogen-bond acceptors (Lipinski definition) is 4. The maximum atomic E-state index is 12.0. The van der Waals surface area contributed by atoms with Crippen LogP contribution in [0.15, 0.2) is 12.1 Å². The van der Waals surface area contributed by atoms with E-state index in [1.807, 2.05) is 6.07 Å². The molecule has 0 saturated heterocycles. The van der Waals surface area contributed by atoms with Crippen molar-refractivity contribution >= 4 is 17.2 Å². The first-order valence-electron chi connectivity index (χ1n) is 7.41. The lowest BCUT2D eigenvalue weighted by atomic mass is 10.3. The van der Waals surface area contributed by atoms with Gasteiger partial charge >= 0.3 is 0 Å². The average molecular weight is 308 g/mol. The van der Waals surface area contributed by atoms with Crippen LogP contribution in [0.25, 0.3) is 0 Å². The number of aliphatic hydroxyl groups excluding tert-OH is 1. The molecule has 4 nitrogen and oxygen atoms in total. The molecule has 5 heteroatoms. The fourth-order valence-corrected chi connectivity index (χ4v) is 2.66. The zero-order chi connectivity index (χ0) is 15.5. The minimum absolute atomic E-state index is 0.0326. The third kappa shape index (κ3) is 6.76.